The maximum absolute atomic E-state index is 13.3. The monoisotopic (exact) mass is 502 g/mol. The van der Waals surface area contributed by atoms with Crippen LogP contribution in [-0.2, 0) is 4.74 Å². The number of thiazole rings is 1. The predicted molar refractivity (Wildman–Crippen MR) is 134 cm³/mol. The van der Waals surface area contributed by atoms with E-state index >= 15 is 0 Å². The first-order valence-electron chi connectivity index (χ1n) is 11.2. The summed E-state index contributed by atoms with van der Waals surface area (Å²) in [5.41, 5.74) is 4.55. The average Bonchev–Trinajstić information content (AvgIpc) is 3.58. The summed E-state index contributed by atoms with van der Waals surface area (Å²) in [5.74, 6) is 0.189. The SMILES string of the molecule is CCOC(=O)c1sc(-c2ccc3ncc(C(=O)Nc4cc(-c5noc(C)n5)ccc4C)n3c2)nc1C. The Morgan fingerprint density at radius 2 is 1.92 bits per heavy atom. The molecule has 4 aromatic heterocycles. The zero-order valence-corrected chi connectivity index (χ0v) is 20.8. The number of pyridine rings is 1. The lowest BCUT2D eigenvalue weighted by Crippen LogP contribution is -2.15. The van der Waals surface area contributed by atoms with Crippen LogP contribution in [0.25, 0.3) is 27.6 Å². The molecule has 0 aliphatic rings. The molecule has 4 heterocycles. The highest BCUT2D eigenvalue weighted by Crippen LogP contribution is 2.29. The largest absolute Gasteiger partial charge is 0.462 e. The van der Waals surface area contributed by atoms with E-state index in [9.17, 15) is 9.59 Å². The van der Waals surface area contributed by atoms with E-state index < -0.39 is 5.97 Å². The summed E-state index contributed by atoms with van der Waals surface area (Å²) in [6.45, 7) is 7.45. The highest BCUT2D eigenvalue weighted by molar-refractivity contribution is 7.17. The van der Waals surface area contributed by atoms with Gasteiger partial charge in [-0.2, -0.15) is 4.98 Å². The molecule has 10 nitrogen and oxygen atoms in total. The quantitative estimate of drug-likeness (QED) is 0.326. The number of rotatable bonds is 6. The molecule has 0 fully saturated rings. The molecule has 182 valence electrons. The zero-order valence-electron chi connectivity index (χ0n) is 20.0. The number of aryl methyl sites for hydroxylation is 3. The summed E-state index contributed by atoms with van der Waals surface area (Å²) >= 11 is 1.25. The molecular weight excluding hydrogens is 480 g/mol. The van der Waals surface area contributed by atoms with Crippen molar-refractivity contribution in [3.63, 3.8) is 0 Å². The first-order chi connectivity index (χ1) is 17.3. The molecule has 36 heavy (non-hydrogen) atoms. The van der Waals surface area contributed by atoms with E-state index in [4.69, 9.17) is 9.26 Å². The fraction of sp³-hybridized carbons (Fsp3) is 0.200. The van der Waals surface area contributed by atoms with Gasteiger partial charge in [0.15, 0.2) is 0 Å². The van der Waals surface area contributed by atoms with E-state index in [1.807, 2.05) is 25.1 Å². The topological polar surface area (TPSA) is 125 Å². The number of nitrogens with one attached hydrogen (secondary N) is 1. The number of carbonyl (C=O) groups excluding carboxylic acids is 2. The van der Waals surface area contributed by atoms with Crippen molar-refractivity contribution in [3.8, 4) is 22.0 Å². The zero-order chi connectivity index (χ0) is 25.4. The summed E-state index contributed by atoms with van der Waals surface area (Å²) < 4.78 is 11.9. The van der Waals surface area contributed by atoms with Gasteiger partial charge in [0.25, 0.3) is 5.91 Å². The summed E-state index contributed by atoms with van der Waals surface area (Å²) in [7, 11) is 0. The van der Waals surface area contributed by atoms with E-state index in [1.54, 1.807) is 43.5 Å². The van der Waals surface area contributed by atoms with Crippen LogP contribution in [0.15, 0.2) is 47.2 Å². The number of anilines is 1. The van der Waals surface area contributed by atoms with Gasteiger partial charge in [-0.15, -0.1) is 11.3 Å². The van der Waals surface area contributed by atoms with Gasteiger partial charge in [-0.3, -0.25) is 9.20 Å². The van der Waals surface area contributed by atoms with Crippen LogP contribution in [0.1, 0.15) is 44.2 Å². The van der Waals surface area contributed by atoms with Gasteiger partial charge in [0.1, 0.15) is 21.2 Å². The second-order valence-electron chi connectivity index (χ2n) is 8.06. The Kier molecular flexibility index (Phi) is 6.06. The van der Waals surface area contributed by atoms with Crippen molar-refractivity contribution in [2.45, 2.75) is 27.7 Å². The second kappa shape index (κ2) is 9.34. The van der Waals surface area contributed by atoms with Crippen LogP contribution < -0.4 is 5.32 Å². The van der Waals surface area contributed by atoms with E-state index in [-0.39, 0.29) is 5.91 Å². The van der Waals surface area contributed by atoms with Gasteiger partial charge in [0, 0.05) is 29.9 Å². The van der Waals surface area contributed by atoms with Crippen molar-refractivity contribution in [1.82, 2.24) is 24.5 Å². The van der Waals surface area contributed by atoms with Gasteiger partial charge in [-0.1, -0.05) is 17.3 Å². The van der Waals surface area contributed by atoms with Crippen molar-refractivity contribution >= 4 is 34.5 Å². The molecule has 0 saturated heterocycles. The molecule has 0 radical (unpaired) electrons. The Hall–Kier alpha value is -4.38. The van der Waals surface area contributed by atoms with Gasteiger partial charge < -0.3 is 14.6 Å². The fourth-order valence-electron chi connectivity index (χ4n) is 3.68. The van der Waals surface area contributed by atoms with E-state index in [0.29, 0.717) is 50.9 Å². The minimum atomic E-state index is -0.392. The Morgan fingerprint density at radius 3 is 2.67 bits per heavy atom. The van der Waals surface area contributed by atoms with Gasteiger partial charge in [-0.25, -0.2) is 14.8 Å². The molecule has 5 aromatic rings. The van der Waals surface area contributed by atoms with Crippen LogP contribution in [-0.4, -0.2) is 43.0 Å². The summed E-state index contributed by atoms with van der Waals surface area (Å²) in [6, 6.07) is 9.22. The standard InChI is InChI=1S/C25H22N6O4S/c1-5-34-25(33)21-14(3)27-24(36-21)17-8-9-20-26-11-19(31(20)12-17)23(32)29-18-10-16(7-6-13(18)2)22-28-15(4)35-30-22/h6-12H,5H2,1-4H3,(H,29,32). The van der Waals surface area contributed by atoms with Crippen molar-refractivity contribution in [1.29, 1.82) is 0 Å². The number of nitrogens with zero attached hydrogens (tertiary/aromatic N) is 5. The Balaban J connectivity index is 1.45. The number of hydrogen-bond acceptors (Lipinski definition) is 9. The smallest absolute Gasteiger partial charge is 0.350 e. The molecule has 0 spiro atoms. The highest BCUT2D eigenvalue weighted by atomic mass is 32.1. The summed E-state index contributed by atoms with van der Waals surface area (Å²) in [4.78, 5) is 39.1. The molecule has 0 saturated carbocycles. The summed E-state index contributed by atoms with van der Waals surface area (Å²) in [5, 5.41) is 7.56. The summed E-state index contributed by atoms with van der Waals surface area (Å²) in [6.07, 6.45) is 3.31. The number of amides is 1. The lowest BCUT2D eigenvalue weighted by atomic mass is 10.1. The highest BCUT2D eigenvalue weighted by Gasteiger charge is 2.19. The third kappa shape index (κ3) is 4.36. The number of hydrogen-bond donors (Lipinski definition) is 1. The Morgan fingerprint density at radius 1 is 1.11 bits per heavy atom. The minimum Gasteiger partial charge on any atom is -0.462 e. The van der Waals surface area contributed by atoms with Crippen molar-refractivity contribution in [3.05, 3.63) is 70.4 Å². The first kappa shape index (κ1) is 23.4. The Labute approximate surface area is 210 Å². The normalized spacial score (nSPS) is 11.1. The van der Waals surface area contributed by atoms with Gasteiger partial charge in [0.05, 0.1) is 18.5 Å². The first-order valence-corrected chi connectivity index (χ1v) is 12.0. The number of ether oxygens (including phenoxy) is 1. The minimum absolute atomic E-state index is 0.294. The molecule has 0 aliphatic heterocycles. The molecular formula is C25H22N6O4S. The van der Waals surface area contributed by atoms with Crippen LogP contribution in [0, 0.1) is 20.8 Å². The number of fused-ring (bicyclic) bond motifs is 1. The molecule has 0 atom stereocenters. The lowest BCUT2D eigenvalue weighted by molar-refractivity contribution is 0.0531. The maximum atomic E-state index is 13.3. The number of imidazole rings is 1. The lowest BCUT2D eigenvalue weighted by Gasteiger charge is -2.10. The third-order valence-corrected chi connectivity index (χ3v) is 6.70. The van der Waals surface area contributed by atoms with Gasteiger partial charge in [-0.05, 0) is 44.5 Å². The number of aromatic nitrogens is 5. The molecule has 1 amide bonds. The molecule has 0 unspecified atom stereocenters. The molecule has 0 aliphatic carbocycles. The number of esters is 1. The maximum Gasteiger partial charge on any atom is 0.350 e. The third-order valence-electron chi connectivity index (χ3n) is 5.51. The van der Waals surface area contributed by atoms with E-state index in [2.05, 4.69) is 25.4 Å². The molecule has 5 rings (SSSR count). The van der Waals surface area contributed by atoms with Crippen LogP contribution in [0.4, 0.5) is 5.69 Å². The Bertz CT molecular complexity index is 1620. The van der Waals surface area contributed by atoms with E-state index in [1.165, 1.54) is 17.5 Å². The molecule has 0 bridgehead atoms. The van der Waals surface area contributed by atoms with Crippen LogP contribution in [0.5, 0.6) is 0 Å². The number of carbonyl (C=O) groups is 2. The second-order valence-corrected chi connectivity index (χ2v) is 9.06. The van der Waals surface area contributed by atoms with Crippen molar-refractivity contribution in [2.24, 2.45) is 0 Å². The van der Waals surface area contributed by atoms with Gasteiger partial charge >= 0.3 is 5.97 Å². The van der Waals surface area contributed by atoms with Crippen molar-refractivity contribution < 1.29 is 18.8 Å². The fourth-order valence-corrected chi connectivity index (χ4v) is 4.63. The average molecular weight is 503 g/mol. The van der Waals surface area contributed by atoms with E-state index in [0.717, 1.165) is 16.7 Å². The number of benzene rings is 1. The predicted octanol–water partition coefficient (Wildman–Crippen LogP) is 4.86. The van der Waals surface area contributed by atoms with Crippen LogP contribution >= 0.6 is 11.3 Å². The molecule has 1 N–H and O–H groups in total. The molecule has 1 aromatic carbocycles. The van der Waals surface area contributed by atoms with Gasteiger partial charge in [0.2, 0.25) is 11.7 Å². The van der Waals surface area contributed by atoms with Crippen LogP contribution in [0.3, 0.4) is 0 Å². The van der Waals surface area contributed by atoms with Crippen LogP contribution in [0.2, 0.25) is 0 Å². The molecule has 11 heteroatoms. The van der Waals surface area contributed by atoms with Crippen molar-refractivity contribution in [2.75, 3.05) is 11.9 Å².